The third-order valence-corrected chi connectivity index (χ3v) is 6.92. The van der Waals surface area contributed by atoms with Crippen LogP contribution in [-0.4, -0.2) is 23.5 Å². The van der Waals surface area contributed by atoms with Gasteiger partial charge in [0.25, 0.3) is 0 Å². The van der Waals surface area contributed by atoms with Crippen LogP contribution in [0.2, 0.25) is 0 Å². The smallest absolute Gasteiger partial charge is 0.321 e. The normalized spacial score (nSPS) is 32.6. The molecule has 0 aromatic heterocycles. The molecule has 0 radical (unpaired) electrons. The second-order valence-corrected chi connectivity index (χ2v) is 9.27. The molecule has 4 bridgehead atoms. The summed E-state index contributed by atoms with van der Waals surface area (Å²) in [5.74, 6) is 1.47. The van der Waals surface area contributed by atoms with Gasteiger partial charge in [0.15, 0.2) is 0 Å². The second kappa shape index (κ2) is 7.47. The lowest BCUT2D eigenvalue weighted by Gasteiger charge is -2.56. The highest BCUT2D eigenvalue weighted by atomic mass is 19.1. The Morgan fingerprint density at radius 3 is 2.18 bits per heavy atom. The van der Waals surface area contributed by atoms with Gasteiger partial charge in [0.05, 0.1) is 6.04 Å². The zero-order valence-corrected chi connectivity index (χ0v) is 16.6. The first-order valence-electron chi connectivity index (χ1n) is 10.5. The first-order valence-corrected chi connectivity index (χ1v) is 10.5. The van der Waals surface area contributed by atoms with Crippen molar-refractivity contribution in [2.24, 2.45) is 17.8 Å². The van der Waals surface area contributed by atoms with Gasteiger partial charge in [-0.05, 0) is 76.2 Å². The van der Waals surface area contributed by atoms with Gasteiger partial charge in [0, 0.05) is 17.1 Å². The molecule has 1 aromatic rings. The van der Waals surface area contributed by atoms with Gasteiger partial charge in [-0.1, -0.05) is 18.2 Å². The maximum absolute atomic E-state index is 13.9. The van der Waals surface area contributed by atoms with Crippen molar-refractivity contribution < 1.29 is 14.0 Å². The van der Waals surface area contributed by atoms with Crippen molar-refractivity contribution in [2.75, 3.05) is 0 Å². The molecule has 0 heterocycles. The van der Waals surface area contributed by atoms with E-state index in [0.717, 1.165) is 37.0 Å². The lowest BCUT2D eigenvalue weighted by Crippen LogP contribution is -2.62. The summed E-state index contributed by atoms with van der Waals surface area (Å²) in [6.07, 6.45) is 7.03. The summed E-state index contributed by atoms with van der Waals surface area (Å²) >= 11 is 0. The fourth-order valence-corrected chi connectivity index (χ4v) is 6.12. The minimum Gasteiger partial charge on any atom is -0.332 e. The Hall–Kier alpha value is -1.95. The number of carbonyl (C=O) groups is 2. The third kappa shape index (κ3) is 3.93. The van der Waals surface area contributed by atoms with E-state index in [1.807, 2.05) is 0 Å². The largest absolute Gasteiger partial charge is 0.332 e. The lowest BCUT2D eigenvalue weighted by molar-refractivity contribution is -0.121. The highest BCUT2D eigenvalue weighted by Gasteiger charge is 2.51. The van der Waals surface area contributed by atoms with Crippen molar-refractivity contribution in [1.29, 1.82) is 0 Å². The van der Waals surface area contributed by atoms with Gasteiger partial charge in [-0.15, -0.1) is 0 Å². The summed E-state index contributed by atoms with van der Waals surface area (Å²) in [5.41, 5.74) is 0.371. The quantitative estimate of drug-likeness (QED) is 0.722. The van der Waals surface area contributed by atoms with E-state index in [-0.39, 0.29) is 17.4 Å². The zero-order valence-electron chi connectivity index (χ0n) is 16.6. The highest BCUT2D eigenvalue weighted by Crippen LogP contribution is 2.55. The van der Waals surface area contributed by atoms with Crippen molar-refractivity contribution in [3.05, 3.63) is 35.6 Å². The molecular formula is C22H30FN3O2. The summed E-state index contributed by atoms with van der Waals surface area (Å²) in [6.45, 7) is 3.49. The Kier molecular flexibility index (Phi) is 5.17. The van der Waals surface area contributed by atoms with E-state index in [4.69, 9.17) is 0 Å². The molecule has 5 rings (SSSR count). The fraction of sp³-hybridized carbons (Fsp3) is 0.636. The average molecular weight is 387 g/mol. The Balaban J connectivity index is 1.31. The number of hydrogen-bond acceptors (Lipinski definition) is 3. The second-order valence-electron chi connectivity index (χ2n) is 9.27. The number of hydrogen-bond donors (Lipinski definition) is 3. The van der Waals surface area contributed by atoms with Crippen LogP contribution in [0.15, 0.2) is 24.3 Å². The number of halogens is 1. The topological polar surface area (TPSA) is 70.2 Å². The highest BCUT2D eigenvalue weighted by molar-refractivity contribution is 5.97. The first kappa shape index (κ1) is 19.4. The molecule has 152 valence electrons. The maximum Gasteiger partial charge on any atom is 0.321 e. The molecule has 0 saturated heterocycles. The standard InChI is InChI=1S/C22H30FN3O2/c1-13(18-5-3-4-6-19(18)23)24-14(2)20(27)25-21(28)26-22-10-15-7-16(11-22)9-17(8-15)12-22/h3-6,13-17,24H,7-12H2,1-2H3,(H2,25,26,27,28). The van der Waals surface area contributed by atoms with Crippen LogP contribution < -0.4 is 16.0 Å². The van der Waals surface area contributed by atoms with Gasteiger partial charge >= 0.3 is 6.03 Å². The van der Waals surface area contributed by atoms with E-state index in [0.29, 0.717) is 5.56 Å². The molecule has 4 aliphatic carbocycles. The van der Waals surface area contributed by atoms with Crippen LogP contribution in [0.1, 0.15) is 64.0 Å². The Labute approximate surface area is 165 Å². The van der Waals surface area contributed by atoms with E-state index in [9.17, 15) is 14.0 Å². The van der Waals surface area contributed by atoms with E-state index >= 15 is 0 Å². The van der Waals surface area contributed by atoms with Gasteiger partial charge in [0.2, 0.25) is 5.91 Å². The molecular weight excluding hydrogens is 357 g/mol. The average Bonchev–Trinajstić information content (AvgIpc) is 2.60. The summed E-state index contributed by atoms with van der Waals surface area (Å²) in [4.78, 5) is 25.0. The molecule has 6 heteroatoms. The van der Waals surface area contributed by atoms with Crippen LogP contribution >= 0.6 is 0 Å². The molecule has 1 aromatic carbocycles. The molecule has 0 spiro atoms. The van der Waals surface area contributed by atoms with E-state index in [1.165, 1.54) is 25.3 Å². The summed E-state index contributed by atoms with van der Waals surface area (Å²) in [6, 6.07) is 5.13. The van der Waals surface area contributed by atoms with Crippen molar-refractivity contribution in [2.45, 2.75) is 70.0 Å². The molecule has 2 unspecified atom stereocenters. The molecule has 4 saturated carbocycles. The van der Waals surface area contributed by atoms with E-state index in [1.54, 1.807) is 32.0 Å². The molecule has 28 heavy (non-hydrogen) atoms. The van der Waals surface area contributed by atoms with Gasteiger partial charge in [-0.25, -0.2) is 9.18 Å². The van der Waals surface area contributed by atoms with Gasteiger partial charge < -0.3 is 5.32 Å². The number of carbonyl (C=O) groups excluding carboxylic acids is 2. The van der Waals surface area contributed by atoms with E-state index in [2.05, 4.69) is 16.0 Å². The molecule has 2 atom stereocenters. The van der Waals surface area contributed by atoms with Crippen LogP contribution in [0.4, 0.5) is 9.18 Å². The van der Waals surface area contributed by atoms with Crippen molar-refractivity contribution >= 4 is 11.9 Å². The van der Waals surface area contributed by atoms with Crippen molar-refractivity contribution in [1.82, 2.24) is 16.0 Å². The van der Waals surface area contributed by atoms with E-state index < -0.39 is 18.0 Å². The molecule has 4 fully saturated rings. The van der Waals surface area contributed by atoms with Crippen LogP contribution in [0.3, 0.4) is 0 Å². The zero-order chi connectivity index (χ0) is 19.9. The van der Waals surface area contributed by atoms with Crippen molar-refractivity contribution in [3.8, 4) is 0 Å². The molecule has 4 aliphatic rings. The van der Waals surface area contributed by atoms with Crippen molar-refractivity contribution in [3.63, 3.8) is 0 Å². The summed E-state index contributed by atoms with van der Waals surface area (Å²) < 4.78 is 13.9. The predicted molar refractivity (Wildman–Crippen MR) is 105 cm³/mol. The van der Waals surface area contributed by atoms with Crippen LogP contribution in [-0.2, 0) is 4.79 Å². The first-order chi connectivity index (χ1) is 13.3. The molecule has 3 amide bonds. The number of urea groups is 1. The summed E-state index contributed by atoms with van der Waals surface area (Å²) in [5, 5.41) is 8.70. The Morgan fingerprint density at radius 1 is 1.04 bits per heavy atom. The van der Waals surface area contributed by atoms with Crippen LogP contribution in [0, 0.1) is 23.6 Å². The predicted octanol–water partition coefficient (Wildman–Crippen LogP) is 3.66. The molecule has 3 N–H and O–H groups in total. The van der Waals surface area contributed by atoms with Gasteiger partial charge in [0.1, 0.15) is 5.82 Å². The maximum atomic E-state index is 13.9. The Morgan fingerprint density at radius 2 is 1.61 bits per heavy atom. The third-order valence-electron chi connectivity index (χ3n) is 6.92. The number of nitrogens with one attached hydrogen (secondary N) is 3. The fourth-order valence-electron chi connectivity index (χ4n) is 6.12. The van der Waals surface area contributed by atoms with Gasteiger partial charge in [-0.3, -0.25) is 15.4 Å². The SMILES string of the molecule is CC(NC(C)c1ccccc1F)C(=O)NC(=O)NC12CC3CC(CC(C3)C1)C2. The number of amides is 3. The monoisotopic (exact) mass is 387 g/mol. The summed E-state index contributed by atoms with van der Waals surface area (Å²) in [7, 11) is 0. The molecule has 0 aliphatic heterocycles. The minimum atomic E-state index is -0.614. The lowest BCUT2D eigenvalue weighted by atomic mass is 9.53. The van der Waals surface area contributed by atoms with Gasteiger partial charge in [-0.2, -0.15) is 0 Å². The number of benzene rings is 1. The van der Waals surface area contributed by atoms with Crippen LogP contribution in [0.25, 0.3) is 0 Å². The van der Waals surface area contributed by atoms with Crippen LogP contribution in [0.5, 0.6) is 0 Å². The number of imide groups is 1. The molecule has 5 nitrogen and oxygen atoms in total. The number of rotatable bonds is 5. The Bertz CT molecular complexity index is 731. The minimum absolute atomic E-state index is 0.129.